The fourth-order valence-corrected chi connectivity index (χ4v) is 8.96. The minimum absolute atomic E-state index is 0.162. The Kier molecular flexibility index (Phi) is 16.1. The highest BCUT2D eigenvalue weighted by molar-refractivity contribution is 7.99. The summed E-state index contributed by atoms with van der Waals surface area (Å²) >= 11 is 0.977. The Labute approximate surface area is 365 Å². The number of phenols is 1. The molecule has 0 saturated carbocycles. The summed E-state index contributed by atoms with van der Waals surface area (Å²) in [6, 6.07) is -3.19. The smallest absolute Gasteiger partial charge is 0.246 e. The van der Waals surface area contributed by atoms with Crippen molar-refractivity contribution < 1.29 is 63.6 Å². The molecule has 2 aromatic rings. The van der Waals surface area contributed by atoms with Crippen LogP contribution in [0.25, 0.3) is 10.9 Å². The minimum Gasteiger partial charge on any atom is -0.508 e. The van der Waals surface area contributed by atoms with Gasteiger partial charge in [-0.1, -0.05) is 27.2 Å². The van der Waals surface area contributed by atoms with Gasteiger partial charge in [0.2, 0.25) is 47.3 Å². The molecule has 1 saturated heterocycles. The van der Waals surface area contributed by atoms with Gasteiger partial charge in [0.15, 0.2) is 5.78 Å². The van der Waals surface area contributed by atoms with Crippen molar-refractivity contribution in [3.8, 4) is 5.75 Å². The number of phenolic OH excluding ortho intramolecular Hbond substituents is 1. The Hall–Kier alpha value is -5.78. The molecule has 344 valence electrons. The maximum atomic E-state index is 14.5. The molecule has 4 heterocycles. The van der Waals surface area contributed by atoms with E-state index in [1.165, 1.54) is 19.1 Å². The molecule has 5 rings (SSSR count). The highest BCUT2D eigenvalue weighted by Crippen LogP contribution is 2.35. The van der Waals surface area contributed by atoms with Crippen molar-refractivity contribution in [3.63, 3.8) is 0 Å². The fraction of sp³-hybridized carbons (Fsp3) is 0.575. The lowest BCUT2D eigenvalue weighted by Crippen LogP contribution is -2.60. The number of hydrogen-bond acceptors (Lipinski definition) is 14. The lowest BCUT2D eigenvalue weighted by Gasteiger charge is -2.32. The molecular weight excluding hydrogens is 847 g/mol. The first-order valence-corrected chi connectivity index (χ1v) is 21.6. The molecular formula is C40H55N9O13S. The molecule has 3 aliphatic rings. The molecule has 5 unspecified atom stereocenters. The molecule has 22 nitrogen and oxygen atoms in total. The molecule has 1 aromatic carbocycles. The van der Waals surface area contributed by atoms with E-state index in [-0.39, 0.29) is 24.3 Å². The average Bonchev–Trinajstić information content (AvgIpc) is 3.80. The van der Waals surface area contributed by atoms with Gasteiger partial charge in [0, 0.05) is 47.9 Å². The molecule has 1 aromatic heterocycles. The SMILES string of the molecule is CC[C@H](C)[C@@H]1NC(=O)CNC(=O)C2CC(=O)[C@H](C(C)[C@@H](O)CO)NC(=O)[C@@H]3CC(O)CN3C(=O)C(CC(N)=O)NC(=O)C(CSc3[nH]c4ccc(O)cc4c3C2)NC(=O)CNC1=O. The van der Waals surface area contributed by atoms with E-state index in [0.717, 1.165) is 16.7 Å². The molecule has 0 aliphatic carbocycles. The molecule has 63 heavy (non-hydrogen) atoms. The Balaban J connectivity index is 1.70. The van der Waals surface area contributed by atoms with Crippen molar-refractivity contribution in [1.29, 1.82) is 0 Å². The molecule has 10 atom stereocenters. The van der Waals surface area contributed by atoms with Crippen LogP contribution < -0.4 is 37.6 Å². The van der Waals surface area contributed by atoms with Gasteiger partial charge in [0.25, 0.3) is 0 Å². The van der Waals surface area contributed by atoms with Crippen LogP contribution in [0.3, 0.4) is 0 Å². The number of primary amides is 1. The Morgan fingerprint density at radius 3 is 2.25 bits per heavy atom. The van der Waals surface area contributed by atoms with Crippen LogP contribution in [0.2, 0.25) is 0 Å². The topological polar surface area (TPSA) is 352 Å². The number of nitrogens with two attached hydrogens (primary N) is 1. The van der Waals surface area contributed by atoms with E-state index in [9.17, 15) is 63.6 Å². The number of amides is 8. The number of aliphatic hydroxyl groups excluding tert-OH is 3. The summed E-state index contributed by atoms with van der Waals surface area (Å²) in [5.41, 5.74) is 6.32. The molecule has 8 amide bonds. The number of aromatic nitrogens is 1. The molecule has 2 bridgehead atoms. The van der Waals surface area contributed by atoms with Gasteiger partial charge in [-0.2, -0.15) is 0 Å². The van der Waals surface area contributed by atoms with Crippen LogP contribution in [0.1, 0.15) is 52.0 Å². The van der Waals surface area contributed by atoms with Crippen molar-refractivity contribution in [3.05, 3.63) is 23.8 Å². The Bertz CT molecular complexity index is 2120. The number of H-pyrrole nitrogens is 1. The highest BCUT2D eigenvalue weighted by Gasteiger charge is 2.45. The fourth-order valence-electron chi connectivity index (χ4n) is 7.84. The number of ketones is 1. The third kappa shape index (κ3) is 11.8. The van der Waals surface area contributed by atoms with Gasteiger partial charge in [-0.15, -0.1) is 11.8 Å². The van der Waals surface area contributed by atoms with E-state index in [1.807, 2.05) is 0 Å². The first kappa shape index (κ1) is 48.3. The summed E-state index contributed by atoms with van der Waals surface area (Å²) < 4.78 is 0. The Morgan fingerprint density at radius 2 is 1.59 bits per heavy atom. The van der Waals surface area contributed by atoms with E-state index in [4.69, 9.17) is 5.73 Å². The third-order valence-corrected chi connectivity index (χ3v) is 12.8. The maximum Gasteiger partial charge on any atom is 0.246 e. The van der Waals surface area contributed by atoms with E-state index < -0.39 is 152 Å². The van der Waals surface area contributed by atoms with Crippen LogP contribution in [0, 0.1) is 17.8 Å². The second-order valence-electron chi connectivity index (χ2n) is 16.3. The monoisotopic (exact) mass is 901 g/mol. The third-order valence-electron chi connectivity index (χ3n) is 11.7. The zero-order valence-electron chi connectivity index (χ0n) is 35.0. The van der Waals surface area contributed by atoms with Crippen molar-refractivity contribution in [2.45, 2.75) is 100 Å². The van der Waals surface area contributed by atoms with E-state index in [2.05, 4.69) is 36.9 Å². The lowest BCUT2D eigenvalue weighted by molar-refractivity contribution is -0.144. The van der Waals surface area contributed by atoms with E-state index in [0.29, 0.717) is 27.9 Å². The predicted octanol–water partition coefficient (Wildman–Crippen LogP) is -3.85. The molecule has 3 aliphatic heterocycles. The molecule has 1 fully saturated rings. The average molecular weight is 902 g/mol. The van der Waals surface area contributed by atoms with Crippen LogP contribution in [-0.2, 0) is 49.6 Å². The number of aromatic hydroxyl groups is 1. The van der Waals surface area contributed by atoms with Crippen LogP contribution >= 0.6 is 11.8 Å². The summed E-state index contributed by atoms with van der Waals surface area (Å²) in [6.07, 6.45) is -4.49. The minimum atomic E-state index is -1.73. The molecule has 0 spiro atoms. The van der Waals surface area contributed by atoms with E-state index in [1.54, 1.807) is 19.9 Å². The number of aliphatic hydroxyl groups is 3. The van der Waals surface area contributed by atoms with Gasteiger partial charge in [-0.3, -0.25) is 43.2 Å². The second-order valence-corrected chi connectivity index (χ2v) is 17.3. The number of thioether (sulfide) groups is 1. The number of rotatable bonds is 7. The number of carbonyl (C=O) groups excluding carboxylic acids is 9. The quantitative estimate of drug-likeness (QED) is 0.127. The summed E-state index contributed by atoms with van der Waals surface area (Å²) in [5, 5.41) is 57.7. The number of benzene rings is 1. The first-order valence-electron chi connectivity index (χ1n) is 20.6. The number of Topliss-reactive ketones (excluding diaryl/α,β-unsaturated/α-hetero) is 1. The van der Waals surface area contributed by atoms with Crippen molar-refractivity contribution >= 4 is 75.7 Å². The van der Waals surface area contributed by atoms with Crippen LogP contribution in [-0.4, -0.2) is 158 Å². The first-order chi connectivity index (χ1) is 29.8. The van der Waals surface area contributed by atoms with Crippen molar-refractivity contribution in [2.24, 2.45) is 23.5 Å². The molecule has 0 radical (unpaired) electrons. The maximum absolute atomic E-state index is 14.5. The van der Waals surface area contributed by atoms with E-state index >= 15 is 0 Å². The standard InChI is InChI=1S/C40H55N9O13S/c1-4-17(2)33-38(61)43-12-31(56)44-26-16-63-39-23(22-9-20(51)5-6-24(22)46-39)7-19(35(58)42-13-32(57)47-33)8-28(53)34(18(3)29(54)15-50)48-37(60)27-10-21(52)14-49(27)40(62)25(11-30(41)55)45-36(26)59/h5-6,9,17-19,21,25-27,29,33-34,46,50-52,54H,4,7-8,10-16H2,1-3H3,(H2,41,55)(H,42,58)(H,43,61)(H,44,56)(H,45,59)(H,47,57)(H,48,60)/t17-,18?,19?,21?,25?,26?,27-,29-,33-,34-/m0/s1. The number of aromatic amines is 1. The van der Waals surface area contributed by atoms with Gasteiger partial charge in [0.05, 0.1) is 49.4 Å². The van der Waals surface area contributed by atoms with Gasteiger partial charge in [0.1, 0.15) is 29.9 Å². The van der Waals surface area contributed by atoms with Gasteiger partial charge in [-0.25, -0.2) is 0 Å². The van der Waals surface area contributed by atoms with Crippen LogP contribution in [0.4, 0.5) is 0 Å². The second kappa shape index (κ2) is 21.1. The number of fused-ring (bicyclic) bond motifs is 5. The van der Waals surface area contributed by atoms with Crippen molar-refractivity contribution in [1.82, 2.24) is 41.8 Å². The molecule has 13 N–H and O–H groups in total. The zero-order valence-corrected chi connectivity index (χ0v) is 35.8. The summed E-state index contributed by atoms with van der Waals surface area (Å²) in [4.78, 5) is 128. The number of carbonyl (C=O) groups is 9. The van der Waals surface area contributed by atoms with Gasteiger partial charge in [-0.05, 0) is 36.1 Å². The largest absolute Gasteiger partial charge is 0.508 e. The highest BCUT2D eigenvalue weighted by atomic mass is 32.2. The normalized spacial score (nSPS) is 27.7. The van der Waals surface area contributed by atoms with Crippen LogP contribution in [0.15, 0.2) is 23.2 Å². The zero-order chi connectivity index (χ0) is 46.3. The number of nitrogens with zero attached hydrogens (tertiary/aromatic N) is 1. The lowest BCUT2D eigenvalue weighted by atomic mass is 9.85. The van der Waals surface area contributed by atoms with Crippen molar-refractivity contribution in [2.75, 3.05) is 32.0 Å². The number of hydrogen-bond donors (Lipinski definition) is 12. The van der Waals surface area contributed by atoms with Gasteiger partial charge >= 0.3 is 0 Å². The predicted molar refractivity (Wildman–Crippen MR) is 223 cm³/mol. The summed E-state index contributed by atoms with van der Waals surface area (Å²) in [6.45, 7) is 2.21. The summed E-state index contributed by atoms with van der Waals surface area (Å²) in [5.74, 6) is -11.5. The summed E-state index contributed by atoms with van der Waals surface area (Å²) in [7, 11) is 0. The van der Waals surface area contributed by atoms with Crippen LogP contribution in [0.5, 0.6) is 5.75 Å². The molecule has 23 heteroatoms. The van der Waals surface area contributed by atoms with Gasteiger partial charge < -0.3 is 67.9 Å². The number of nitrogens with one attached hydrogen (secondary N) is 7. The Morgan fingerprint density at radius 1 is 0.905 bits per heavy atom.